The normalized spacial score (nSPS) is 28.8. The van der Waals surface area contributed by atoms with Crippen LogP contribution in [0.2, 0.25) is 0 Å². The van der Waals surface area contributed by atoms with Gasteiger partial charge in [0.1, 0.15) is 0 Å². The molecule has 8 heteroatoms. The summed E-state index contributed by atoms with van der Waals surface area (Å²) in [5.41, 5.74) is 0. The molecule has 2 aliphatic rings. The van der Waals surface area contributed by atoms with Gasteiger partial charge in [-0.1, -0.05) is 0 Å². The Morgan fingerprint density at radius 1 is 1.21 bits per heavy atom. The zero-order chi connectivity index (χ0) is 14.1. The zero-order valence-electron chi connectivity index (χ0n) is 11.2. The van der Waals surface area contributed by atoms with E-state index in [1.165, 1.54) is 11.4 Å². The molecule has 0 saturated carbocycles. The van der Waals surface area contributed by atoms with Gasteiger partial charge in [-0.2, -0.15) is 0 Å². The van der Waals surface area contributed by atoms with Crippen molar-refractivity contribution >= 4 is 19.9 Å². The minimum atomic E-state index is -3.35. The fraction of sp³-hybridized carbons (Fsp3) is 1.00. The molecular weight excluding hydrogens is 288 g/mol. The van der Waals surface area contributed by atoms with Gasteiger partial charge in [0, 0.05) is 13.1 Å². The van der Waals surface area contributed by atoms with Crippen LogP contribution in [0.25, 0.3) is 0 Å². The van der Waals surface area contributed by atoms with Gasteiger partial charge in [-0.3, -0.25) is 0 Å². The maximum absolute atomic E-state index is 12.3. The smallest absolute Gasteiger partial charge is 0.214 e. The number of nitrogens with one attached hydrogen (secondary N) is 1. The lowest BCUT2D eigenvalue weighted by Gasteiger charge is -2.27. The number of hydrogen-bond donors (Lipinski definition) is 1. The van der Waals surface area contributed by atoms with E-state index in [-0.39, 0.29) is 29.2 Å². The molecule has 0 aromatic heterocycles. The van der Waals surface area contributed by atoms with Gasteiger partial charge in [0.2, 0.25) is 10.0 Å². The summed E-state index contributed by atoms with van der Waals surface area (Å²) in [7, 11) is -4.89. The van der Waals surface area contributed by atoms with E-state index in [9.17, 15) is 16.8 Å². The molecule has 1 unspecified atom stereocenters. The van der Waals surface area contributed by atoms with E-state index in [2.05, 4.69) is 5.32 Å². The molecule has 2 fully saturated rings. The van der Waals surface area contributed by atoms with Crippen LogP contribution in [0, 0.1) is 5.92 Å². The number of rotatable bonds is 4. The van der Waals surface area contributed by atoms with Gasteiger partial charge in [-0.25, -0.2) is 21.1 Å². The Labute approximate surface area is 115 Å². The largest absolute Gasteiger partial charge is 0.317 e. The number of sulfonamides is 1. The van der Waals surface area contributed by atoms with Crippen molar-refractivity contribution in [3.05, 3.63) is 0 Å². The first-order chi connectivity index (χ1) is 8.80. The molecule has 2 aliphatic heterocycles. The SMILES string of the molecule is CN(C1CCS(=O)(=O)C1)S(=O)(=O)CC1CCNCC1. The fourth-order valence-electron chi connectivity index (χ4n) is 2.75. The van der Waals surface area contributed by atoms with Crippen LogP contribution in [-0.2, 0) is 19.9 Å². The molecule has 0 spiro atoms. The lowest BCUT2D eigenvalue weighted by atomic mass is 10.0. The Kier molecular flexibility index (Phi) is 4.54. The molecule has 6 nitrogen and oxygen atoms in total. The van der Waals surface area contributed by atoms with Crippen molar-refractivity contribution in [3.8, 4) is 0 Å². The summed E-state index contributed by atoms with van der Waals surface area (Å²) in [5, 5.41) is 3.21. The van der Waals surface area contributed by atoms with E-state index >= 15 is 0 Å². The molecule has 0 aliphatic carbocycles. The minimum absolute atomic E-state index is 0.0328. The predicted octanol–water partition coefficient (Wildman–Crippen LogP) is -0.565. The quantitative estimate of drug-likeness (QED) is 0.752. The summed E-state index contributed by atoms with van der Waals surface area (Å²) in [4.78, 5) is 0. The third-order valence-corrected chi connectivity index (χ3v) is 7.89. The van der Waals surface area contributed by atoms with Crippen LogP contribution in [0.3, 0.4) is 0 Å². The molecule has 0 bridgehead atoms. The number of hydrogen-bond acceptors (Lipinski definition) is 5. The van der Waals surface area contributed by atoms with Gasteiger partial charge < -0.3 is 5.32 Å². The summed E-state index contributed by atoms with van der Waals surface area (Å²) in [6, 6.07) is -0.378. The molecule has 112 valence electrons. The number of piperidine rings is 1. The second-order valence-corrected chi connectivity index (χ2v) is 9.85. The molecule has 2 saturated heterocycles. The van der Waals surface area contributed by atoms with Gasteiger partial charge in [0.15, 0.2) is 9.84 Å². The fourth-order valence-corrected chi connectivity index (χ4v) is 6.42. The Morgan fingerprint density at radius 2 is 1.84 bits per heavy atom. The number of sulfone groups is 1. The van der Waals surface area contributed by atoms with Crippen molar-refractivity contribution in [2.45, 2.75) is 25.3 Å². The predicted molar refractivity (Wildman–Crippen MR) is 74.2 cm³/mol. The van der Waals surface area contributed by atoms with Crippen LogP contribution in [-0.4, -0.2) is 64.6 Å². The van der Waals surface area contributed by atoms with Gasteiger partial charge in [-0.15, -0.1) is 0 Å². The van der Waals surface area contributed by atoms with Gasteiger partial charge >= 0.3 is 0 Å². The highest BCUT2D eigenvalue weighted by atomic mass is 32.2. The van der Waals surface area contributed by atoms with Gasteiger partial charge in [-0.05, 0) is 38.3 Å². The zero-order valence-corrected chi connectivity index (χ0v) is 12.8. The molecule has 0 aromatic carbocycles. The molecule has 19 heavy (non-hydrogen) atoms. The highest BCUT2D eigenvalue weighted by Gasteiger charge is 2.36. The third-order valence-electron chi connectivity index (χ3n) is 4.07. The Morgan fingerprint density at radius 3 is 2.37 bits per heavy atom. The molecule has 0 radical (unpaired) electrons. The van der Waals surface area contributed by atoms with Crippen LogP contribution >= 0.6 is 0 Å². The molecule has 0 amide bonds. The van der Waals surface area contributed by atoms with Crippen LogP contribution in [0.1, 0.15) is 19.3 Å². The van der Waals surface area contributed by atoms with Crippen LogP contribution < -0.4 is 5.32 Å². The highest BCUT2D eigenvalue weighted by Crippen LogP contribution is 2.22. The van der Waals surface area contributed by atoms with E-state index < -0.39 is 19.9 Å². The molecular formula is C11H22N2O4S2. The van der Waals surface area contributed by atoms with Crippen molar-refractivity contribution in [3.63, 3.8) is 0 Å². The highest BCUT2D eigenvalue weighted by molar-refractivity contribution is 7.92. The molecule has 2 rings (SSSR count). The Bertz CT molecular complexity index is 509. The van der Waals surface area contributed by atoms with Crippen LogP contribution in [0.15, 0.2) is 0 Å². The average molecular weight is 310 g/mol. The Balaban J connectivity index is 1.98. The van der Waals surface area contributed by atoms with Gasteiger partial charge in [0.05, 0.1) is 17.3 Å². The molecule has 2 heterocycles. The third kappa shape index (κ3) is 3.90. The standard InChI is InChI=1S/C11H22N2O4S2/c1-13(11-4-7-18(14,15)9-11)19(16,17)8-10-2-5-12-6-3-10/h10-12H,2-9H2,1H3. The first kappa shape index (κ1) is 15.2. The van der Waals surface area contributed by atoms with E-state index in [0.717, 1.165) is 25.9 Å². The second kappa shape index (κ2) is 5.67. The first-order valence-electron chi connectivity index (χ1n) is 6.67. The van der Waals surface area contributed by atoms with Crippen molar-refractivity contribution in [1.29, 1.82) is 0 Å². The molecule has 1 N–H and O–H groups in total. The van der Waals surface area contributed by atoms with Gasteiger partial charge in [0.25, 0.3) is 0 Å². The van der Waals surface area contributed by atoms with E-state index in [1.54, 1.807) is 0 Å². The van der Waals surface area contributed by atoms with E-state index in [1.807, 2.05) is 0 Å². The maximum Gasteiger partial charge on any atom is 0.214 e. The first-order valence-corrected chi connectivity index (χ1v) is 10.1. The van der Waals surface area contributed by atoms with Crippen molar-refractivity contribution in [1.82, 2.24) is 9.62 Å². The summed E-state index contributed by atoms with van der Waals surface area (Å²) >= 11 is 0. The minimum Gasteiger partial charge on any atom is -0.317 e. The van der Waals surface area contributed by atoms with E-state index in [4.69, 9.17) is 0 Å². The number of nitrogens with zero attached hydrogens (tertiary/aromatic N) is 1. The Hall–Kier alpha value is -0.180. The molecule has 0 aromatic rings. The summed E-state index contributed by atoms with van der Waals surface area (Å²) < 4.78 is 48.8. The van der Waals surface area contributed by atoms with Crippen molar-refractivity contribution < 1.29 is 16.8 Å². The van der Waals surface area contributed by atoms with Crippen molar-refractivity contribution in [2.24, 2.45) is 5.92 Å². The monoisotopic (exact) mass is 310 g/mol. The molecule has 1 atom stereocenters. The lowest BCUT2D eigenvalue weighted by molar-refractivity contribution is 0.367. The average Bonchev–Trinajstić information content (AvgIpc) is 2.69. The summed E-state index contributed by atoms with van der Waals surface area (Å²) in [6.45, 7) is 1.73. The lowest BCUT2D eigenvalue weighted by Crippen LogP contribution is -2.42. The van der Waals surface area contributed by atoms with Crippen LogP contribution in [0.5, 0.6) is 0 Å². The van der Waals surface area contributed by atoms with E-state index in [0.29, 0.717) is 6.42 Å². The summed E-state index contributed by atoms with van der Waals surface area (Å²) in [6.07, 6.45) is 2.16. The summed E-state index contributed by atoms with van der Waals surface area (Å²) in [5.74, 6) is 0.397. The second-order valence-electron chi connectivity index (χ2n) is 5.54. The van der Waals surface area contributed by atoms with Crippen molar-refractivity contribution in [2.75, 3.05) is 37.4 Å². The topological polar surface area (TPSA) is 83.6 Å². The maximum atomic E-state index is 12.3. The van der Waals surface area contributed by atoms with Crippen LogP contribution in [0.4, 0.5) is 0 Å².